The maximum Gasteiger partial charge on any atom is 0.456 e. The first-order valence-corrected chi connectivity index (χ1v) is 5.25. The maximum absolute atomic E-state index is 11.7. The number of alkyl halides is 15. The van der Waals surface area contributed by atoms with Crippen LogP contribution >= 0.6 is 23.2 Å². The summed E-state index contributed by atoms with van der Waals surface area (Å²) in [6, 6.07) is 0. The minimum absolute atomic E-state index is 2.76. The molecule has 0 aromatic rings. The average Bonchev–Trinajstić information content (AvgIpc) is 2.27. The molecule has 0 nitrogen and oxygen atoms in total. The number of hydrogen-bond acceptors (Lipinski definition) is 0. The summed E-state index contributed by atoms with van der Waals surface area (Å²) in [6.45, 7) is 0. The molecule has 0 heterocycles. The van der Waals surface area contributed by atoms with Crippen LogP contribution in [0.5, 0.6) is 0 Å². The number of rotatable bonds is 4. The van der Waals surface area contributed by atoms with Crippen molar-refractivity contribution >= 4 is 23.2 Å². The second kappa shape index (κ2) is 7.49. The van der Waals surface area contributed by atoms with Crippen molar-refractivity contribution in [3.8, 4) is 0 Å². The first kappa shape index (κ1) is 23.9. The van der Waals surface area contributed by atoms with Crippen molar-refractivity contribution in [2.24, 2.45) is 0 Å². The molecule has 0 rings (SSSR count). The van der Waals surface area contributed by atoms with E-state index in [0.717, 1.165) is 0 Å². The minimum Gasteiger partial charge on any atom is -0.203 e. The molecule has 0 saturated carbocycles. The van der Waals surface area contributed by atoms with E-state index in [9.17, 15) is 57.1 Å². The second-order valence-electron chi connectivity index (χ2n) is 3.27. The first-order valence-electron chi connectivity index (χ1n) is 4.38. The summed E-state index contributed by atoms with van der Waals surface area (Å²) in [4.78, 5) is -2.76. The molecule has 0 aromatic heterocycles. The molecule has 0 N–H and O–H groups in total. The van der Waals surface area contributed by atoms with E-state index in [-0.39, 0.29) is 0 Å². The van der Waals surface area contributed by atoms with Gasteiger partial charge in [-0.2, -0.15) is 39.5 Å². The lowest BCUT2D eigenvalue weighted by molar-refractivity contribution is -0.303. The molecular formula is C7H3Cl2F13. The van der Waals surface area contributed by atoms with Crippen LogP contribution in [-0.2, 0) is 0 Å². The Morgan fingerprint density at radius 2 is 0.727 bits per heavy atom. The summed E-state index contributed by atoms with van der Waals surface area (Å²) in [5.41, 5.74) is 0. The van der Waals surface area contributed by atoms with E-state index < -0.39 is 41.6 Å². The molecular weight excluding hydrogens is 402 g/mol. The molecule has 0 aromatic carbocycles. The van der Waals surface area contributed by atoms with Gasteiger partial charge in [-0.1, -0.05) is 23.2 Å². The van der Waals surface area contributed by atoms with E-state index >= 15 is 0 Å². The highest BCUT2D eigenvalue weighted by Crippen LogP contribution is 2.43. The zero-order valence-corrected chi connectivity index (χ0v) is 10.9. The van der Waals surface area contributed by atoms with Gasteiger partial charge in [0.25, 0.3) is 0 Å². The van der Waals surface area contributed by atoms with Crippen LogP contribution in [0, 0.1) is 0 Å². The minimum atomic E-state index is -6.00. The molecule has 136 valence electrons. The molecule has 0 amide bonds. The molecule has 15 heteroatoms. The molecule has 0 radical (unpaired) electrons. The van der Waals surface area contributed by atoms with Crippen LogP contribution in [0.1, 0.15) is 0 Å². The van der Waals surface area contributed by atoms with Crippen molar-refractivity contribution in [3.63, 3.8) is 0 Å². The Bertz CT molecular complexity index is 316. The van der Waals surface area contributed by atoms with E-state index in [0.29, 0.717) is 0 Å². The normalized spacial score (nSPS) is 14.5. The van der Waals surface area contributed by atoms with E-state index in [1.807, 2.05) is 0 Å². The first-order chi connectivity index (χ1) is 9.33. The fraction of sp³-hybridized carbons (Fsp3) is 1.00. The topological polar surface area (TPSA) is 0 Å². The van der Waals surface area contributed by atoms with E-state index in [4.69, 9.17) is 0 Å². The Balaban J connectivity index is 0. The second-order valence-corrected chi connectivity index (χ2v) is 4.37. The number of halogens is 15. The van der Waals surface area contributed by atoms with Crippen LogP contribution in [-0.4, -0.2) is 41.6 Å². The van der Waals surface area contributed by atoms with Crippen molar-refractivity contribution in [1.82, 2.24) is 0 Å². The van der Waals surface area contributed by atoms with Crippen molar-refractivity contribution < 1.29 is 57.1 Å². The van der Waals surface area contributed by atoms with E-state index in [2.05, 4.69) is 23.2 Å². The Kier molecular flexibility index (Phi) is 8.15. The summed E-state index contributed by atoms with van der Waals surface area (Å²) in [5, 5.41) is 0. The zero-order valence-electron chi connectivity index (χ0n) is 9.40. The maximum atomic E-state index is 11.7. The highest BCUT2D eigenvalue weighted by atomic mass is 35.5. The molecule has 0 fully saturated rings. The van der Waals surface area contributed by atoms with Gasteiger partial charge in [0.2, 0.25) is 0 Å². The lowest BCUT2D eigenvalue weighted by Gasteiger charge is -2.24. The fourth-order valence-corrected chi connectivity index (χ4v) is 0.662. The van der Waals surface area contributed by atoms with Crippen LogP contribution < -0.4 is 0 Å². The highest BCUT2D eigenvalue weighted by molar-refractivity contribution is 6.45. The van der Waals surface area contributed by atoms with Crippen molar-refractivity contribution in [1.29, 1.82) is 0 Å². The lowest BCUT2D eigenvalue weighted by Crippen LogP contribution is -2.51. The van der Waals surface area contributed by atoms with Gasteiger partial charge in [-0.05, 0) is 0 Å². The van der Waals surface area contributed by atoms with Crippen LogP contribution in [0.2, 0.25) is 0 Å². The molecule has 22 heavy (non-hydrogen) atoms. The Hall–Kier alpha value is -0.330. The summed E-state index contributed by atoms with van der Waals surface area (Å²) in [5.74, 6) is -17.0. The Morgan fingerprint density at radius 3 is 0.773 bits per heavy atom. The van der Waals surface area contributed by atoms with Gasteiger partial charge in [-0.3, -0.25) is 0 Å². The van der Waals surface area contributed by atoms with Gasteiger partial charge in [0.05, 0.1) is 0 Å². The van der Waals surface area contributed by atoms with Gasteiger partial charge in [0.1, 0.15) is 0 Å². The van der Waals surface area contributed by atoms with Crippen LogP contribution in [0.3, 0.4) is 0 Å². The summed E-state index contributed by atoms with van der Waals surface area (Å²) >= 11 is 8.70. The molecule has 0 bridgehead atoms. The molecule has 0 saturated heterocycles. The third-order valence-electron chi connectivity index (χ3n) is 1.64. The quantitative estimate of drug-likeness (QED) is 0.412. The van der Waals surface area contributed by atoms with E-state index in [1.54, 1.807) is 0 Å². The van der Waals surface area contributed by atoms with Gasteiger partial charge in [0.15, 0.2) is 4.84 Å². The highest BCUT2D eigenvalue weighted by Gasteiger charge is 2.68. The summed E-state index contributed by atoms with van der Waals surface area (Å²) < 4.78 is 148. The summed E-state index contributed by atoms with van der Waals surface area (Å²) in [6.07, 6.45) is -15.3. The van der Waals surface area contributed by atoms with E-state index in [1.165, 1.54) is 0 Å². The van der Waals surface area contributed by atoms with Gasteiger partial charge < -0.3 is 0 Å². The average molecular weight is 405 g/mol. The third-order valence-corrected chi connectivity index (χ3v) is 2.19. The van der Waals surface area contributed by atoms with Gasteiger partial charge in [0, 0.05) is 0 Å². The summed E-state index contributed by atoms with van der Waals surface area (Å²) in [7, 11) is 0. The smallest absolute Gasteiger partial charge is 0.203 e. The third kappa shape index (κ3) is 5.39. The van der Waals surface area contributed by atoms with Crippen molar-refractivity contribution in [2.45, 2.75) is 41.6 Å². The molecule has 0 spiro atoms. The predicted octanol–water partition coefficient (Wildman–Crippen LogP) is 5.77. The van der Waals surface area contributed by atoms with Crippen LogP contribution in [0.25, 0.3) is 0 Å². The van der Waals surface area contributed by atoms with Gasteiger partial charge >= 0.3 is 36.8 Å². The Morgan fingerprint density at radius 1 is 0.500 bits per heavy atom. The molecule has 0 aliphatic rings. The van der Waals surface area contributed by atoms with Crippen molar-refractivity contribution in [3.05, 3.63) is 0 Å². The van der Waals surface area contributed by atoms with Crippen LogP contribution in [0.4, 0.5) is 57.1 Å². The van der Waals surface area contributed by atoms with Gasteiger partial charge in [-0.25, -0.2) is 17.6 Å². The molecule has 0 atom stereocenters. The fourth-order valence-electron chi connectivity index (χ4n) is 0.415. The lowest BCUT2D eigenvalue weighted by atomic mass is 10.2. The number of hydrogen-bond donors (Lipinski definition) is 0. The van der Waals surface area contributed by atoms with Gasteiger partial charge in [-0.15, -0.1) is 0 Å². The zero-order chi connectivity index (χ0) is 18.7. The monoisotopic (exact) mass is 404 g/mol. The van der Waals surface area contributed by atoms with Crippen LogP contribution in [0.15, 0.2) is 0 Å². The largest absolute Gasteiger partial charge is 0.456 e. The predicted molar refractivity (Wildman–Crippen MR) is 48.4 cm³/mol. The standard InChI is InChI=1S/C4H2F8.C3HCl2F5/c5-1(6)3(9,10)4(11,12)2(7)8;4-1(5)2(6,7)3(8,9)10/h1-2H;1H. The molecule has 0 aliphatic carbocycles. The SMILES string of the molecule is FC(F)(F)C(F)(F)C(Cl)Cl.FC(F)C(F)(F)C(F)(F)C(F)F. The molecule has 0 unspecified atom stereocenters. The molecule has 0 aliphatic heterocycles. The van der Waals surface area contributed by atoms with Crippen molar-refractivity contribution in [2.75, 3.05) is 0 Å². The Labute approximate surface area is 123 Å².